The fourth-order valence-electron chi connectivity index (χ4n) is 4.80. The lowest BCUT2D eigenvalue weighted by atomic mass is 9.82. The Morgan fingerprint density at radius 1 is 0.316 bits per heavy atom. The van der Waals surface area contributed by atoms with E-state index in [1.165, 1.54) is 47.9 Å². The second kappa shape index (κ2) is 25.9. The summed E-state index contributed by atoms with van der Waals surface area (Å²) >= 11 is 0. The Hall–Kier alpha value is -3.28. The molecule has 0 atom stereocenters. The van der Waals surface area contributed by atoms with Gasteiger partial charge in [-0.3, -0.25) is 0 Å². The second-order valence-corrected chi connectivity index (χ2v) is 18.0. The van der Waals surface area contributed by atoms with Gasteiger partial charge in [0.15, 0.2) is 18.4 Å². The number of ether oxygens (including phenoxy) is 4. The van der Waals surface area contributed by atoms with Crippen LogP contribution in [0.25, 0.3) is 0 Å². The molecule has 4 rings (SSSR count). The molecule has 0 saturated heterocycles. The van der Waals surface area contributed by atoms with Crippen molar-refractivity contribution >= 4 is 0 Å². The first-order valence-corrected chi connectivity index (χ1v) is 21.1. The van der Waals surface area contributed by atoms with E-state index in [1.807, 2.05) is 27.7 Å². The highest BCUT2D eigenvalue weighted by Gasteiger charge is 2.22. The van der Waals surface area contributed by atoms with Crippen LogP contribution in [-0.4, -0.2) is 32.6 Å². The zero-order valence-electron chi connectivity index (χ0n) is 39.7. The van der Waals surface area contributed by atoms with E-state index in [2.05, 4.69) is 204 Å². The van der Waals surface area contributed by atoms with Crippen molar-refractivity contribution in [3.63, 3.8) is 0 Å². The number of rotatable bonds is 14. The van der Waals surface area contributed by atoms with Crippen LogP contribution in [0.5, 0.6) is 0 Å². The molecule has 57 heavy (non-hydrogen) atoms. The predicted octanol–water partition coefficient (Wildman–Crippen LogP) is 15.2. The fourth-order valence-corrected chi connectivity index (χ4v) is 4.80. The number of methoxy groups -OCH3 is 2. The molecule has 4 aromatic carbocycles. The van der Waals surface area contributed by atoms with E-state index in [-0.39, 0.29) is 6.79 Å². The summed E-state index contributed by atoms with van der Waals surface area (Å²) in [6.07, 6.45) is 4.77. The van der Waals surface area contributed by atoms with Crippen LogP contribution < -0.4 is 0 Å². The summed E-state index contributed by atoms with van der Waals surface area (Å²) in [6, 6.07) is 42.7. The molecule has 0 spiro atoms. The maximum atomic E-state index is 5.29. The van der Waals surface area contributed by atoms with Gasteiger partial charge in [-0.25, -0.2) is 0 Å². The number of hydrogen-bond acceptors (Lipinski definition) is 4. The van der Waals surface area contributed by atoms with Crippen LogP contribution in [0, 0.1) is 0 Å². The SMILES string of the molecule is CCC(C)(C)c1ccccc1.CCC(C)(C)c1ccccc1.CCC(C)(C)c1ccccc1.CCC(C)(C)c1ccccc1.COC(C)(C)OCOC(C)(C)OC. The van der Waals surface area contributed by atoms with Gasteiger partial charge in [0, 0.05) is 14.2 Å². The predicted molar refractivity (Wildman–Crippen MR) is 248 cm³/mol. The van der Waals surface area contributed by atoms with Crippen LogP contribution in [0.4, 0.5) is 0 Å². The molecule has 0 saturated carbocycles. The molecule has 4 aromatic rings. The first kappa shape index (κ1) is 53.7. The first-order chi connectivity index (χ1) is 26.5. The molecule has 4 heteroatoms. The van der Waals surface area contributed by atoms with E-state index in [1.54, 1.807) is 14.2 Å². The lowest BCUT2D eigenvalue weighted by Gasteiger charge is -2.27. The van der Waals surface area contributed by atoms with Crippen molar-refractivity contribution in [2.24, 2.45) is 0 Å². The summed E-state index contributed by atoms with van der Waals surface area (Å²) in [5.41, 5.74) is 7.07. The summed E-state index contributed by atoms with van der Waals surface area (Å²) in [7, 11) is 3.17. The van der Waals surface area contributed by atoms with Gasteiger partial charge in [-0.05, 0) is 97.3 Å². The molecule has 320 valence electrons. The van der Waals surface area contributed by atoms with E-state index in [4.69, 9.17) is 18.9 Å². The quantitative estimate of drug-likeness (QED) is 0.119. The summed E-state index contributed by atoms with van der Waals surface area (Å²) in [5, 5.41) is 0. The van der Waals surface area contributed by atoms with E-state index < -0.39 is 11.6 Å². The Bertz CT molecular complexity index is 1320. The molecule has 0 bridgehead atoms. The van der Waals surface area contributed by atoms with Crippen LogP contribution in [0.2, 0.25) is 0 Å². The van der Waals surface area contributed by atoms with Gasteiger partial charge in [0.2, 0.25) is 0 Å². The number of benzene rings is 4. The van der Waals surface area contributed by atoms with Crippen LogP contribution in [0.15, 0.2) is 121 Å². The zero-order valence-corrected chi connectivity index (χ0v) is 39.7. The minimum Gasteiger partial charge on any atom is -0.354 e. The fraction of sp³-hybridized carbons (Fsp3) is 0.547. The molecule has 0 aromatic heterocycles. The average Bonchev–Trinajstić information content (AvgIpc) is 3.23. The zero-order chi connectivity index (χ0) is 43.8. The van der Waals surface area contributed by atoms with Crippen LogP contribution >= 0.6 is 0 Å². The molecular formula is C53H84O4. The maximum Gasteiger partial charge on any atom is 0.165 e. The van der Waals surface area contributed by atoms with Gasteiger partial charge in [0.05, 0.1) is 0 Å². The van der Waals surface area contributed by atoms with E-state index >= 15 is 0 Å². The summed E-state index contributed by atoms with van der Waals surface area (Å²) in [4.78, 5) is 0. The molecular weight excluding hydrogens is 701 g/mol. The molecule has 0 aliphatic carbocycles. The Morgan fingerprint density at radius 3 is 0.632 bits per heavy atom. The smallest absolute Gasteiger partial charge is 0.165 e. The van der Waals surface area contributed by atoms with Gasteiger partial charge >= 0.3 is 0 Å². The van der Waals surface area contributed by atoms with E-state index in [9.17, 15) is 0 Å². The van der Waals surface area contributed by atoms with Crippen molar-refractivity contribution in [2.45, 2.75) is 170 Å². The molecule has 0 unspecified atom stereocenters. The van der Waals surface area contributed by atoms with Crippen LogP contribution in [-0.2, 0) is 40.6 Å². The summed E-state index contributed by atoms with van der Waals surface area (Å²) < 4.78 is 20.7. The van der Waals surface area contributed by atoms with Crippen molar-refractivity contribution < 1.29 is 18.9 Å². The van der Waals surface area contributed by atoms with Gasteiger partial charge in [-0.1, -0.05) is 204 Å². The highest BCUT2D eigenvalue weighted by atomic mass is 16.8. The Kier molecular flexibility index (Phi) is 24.5. The topological polar surface area (TPSA) is 36.9 Å². The minimum absolute atomic E-state index is 0.141. The van der Waals surface area contributed by atoms with Gasteiger partial charge in [-0.15, -0.1) is 0 Å². The molecule has 4 nitrogen and oxygen atoms in total. The van der Waals surface area contributed by atoms with Crippen molar-refractivity contribution in [3.8, 4) is 0 Å². The third-order valence-electron chi connectivity index (χ3n) is 11.6. The molecule has 0 heterocycles. The molecule has 0 fully saturated rings. The molecule has 0 amide bonds. The van der Waals surface area contributed by atoms with Crippen molar-refractivity contribution in [1.29, 1.82) is 0 Å². The molecule has 0 aliphatic heterocycles. The lowest BCUT2D eigenvalue weighted by Crippen LogP contribution is -2.33. The second-order valence-electron chi connectivity index (χ2n) is 18.0. The number of hydrogen-bond donors (Lipinski definition) is 0. The summed E-state index contributed by atoms with van der Waals surface area (Å²) in [5.74, 6) is -1.24. The molecule has 0 radical (unpaired) electrons. The lowest BCUT2D eigenvalue weighted by molar-refractivity contribution is -0.298. The van der Waals surface area contributed by atoms with Gasteiger partial charge in [0.25, 0.3) is 0 Å². The first-order valence-electron chi connectivity index (χ1n) is 21.1. The van der Waals surface area contributed by atoms with Crippen molar-refractivity contribution in [3.05, 3.63) is 144 Å². The highest BCUT2D eigenvalue weighted by Crippen LogP contribution is 2.28. The van der Waals surface area contributed by atoms with Crippen molar-refractivity contribution in [2.75, 3.05) is 21.0 Å². The Balaban J connectivity index is 0.000000688. The largest absolute Gasteiger partial charge is 0.354 e. The standard InChI is InChI=1S/4C11H16.C9H20O4/c4*1-4-11(2,3)10-8-6-5-7-9-10;1-8(2,10-5)12-7-13-9(3,4)11-6/h4*5-9H,4H2,1-3H3;7H2,1-6H3. The van der Waals surface area contributed by atoms with Gasteiger partial charge in [-0.2, -0.15) is 0 Å². The van der Waals surface area contributed by atoms with E-state index in [0.29, 0.717) is 21.7 Å². The van der Waals surface area contributed by atoms with Gasteiger partial charge in [0.1, 0.15) is 0 Å². The highest BCUT2D eigenvalue weighted by molar-refractivity contribution is 5.25. The van der Waals surface area contributed by atoms with Crippen LogP contribution in [0.3, 0.4) is 0 Å². The van der Waals surface area contributed by atoms with Crippen LogP contribution in [0.1, 0.15) is 159 Å². The third-order valence-corrected chi connectivity index (χ3v) is 11.6. The minimum atomic E-state index is -0.621. The normalized spacial score (nSPS) is 12.0. The summed E-state index contributed by atoms with van der Waals surface area (Å²) in [6.45, 7) is 34.6. The Morgan fingerprint density at radius 2 is 0.491 bits per heavy atom. The molecule has 0 N–H and O–H groups in total. The molecule has 0 aliphatic rings. The monoisotopic (exact) mass is 785 g/mol. The average molecular weight is 785 g/mol. The Labute approximate surface area is 352 Å². The maximum absolute atomic E-state index is 5.29. The third kappa shape index (κ3) is 21.9. The van der Waals surface area contributed by atoms with E-state index in [0.717, 1.165) is 0 Å². The van der Waals surface area contributed by atoms with Crippen molar-refractivity contribution in [1.82, 2.24) is 0 Å². The van der Waals surface area contributed by atoms with Gasteiger partial charge < -0.3 is 18.9 Å².